The summed E-state index contributed by atoms with van der Waals surface area (Å²) in [5, 5.41) is 0. The molecular formula is C12H14O4. The Morgan fingerprint density at radius 1 is 1.12 bits per heavy atom. The van der Waals surface area contributed by atoms with Crippen LogP contribution in [0.3, 0.4) is 0 Å². The molecule has 86 valence electrons. The predicted octanol–water partition coefficient (Wildman–Crippen LogP) is 1.89. The molecule has 0 aliphatic rings. The summed E-state index contributed by atoms with van der Waals surface area (Å²) in [6, 6.07) is 5.37. The monoisotopic (exact) mass is 222 g/mol. The molecule has 0 spiro atoms. The Bertz CT molecular complexity index is 396. The van der Waals surface area contributed by atoms with E-state index in [1.165, 1.54) is 13.2 Å². The van der Waals surface area contributed by atoms with Crippen LogP contribution in [0, 0.1) is 0 Å². The molecule has 0 N–H and O–H groups in total. The number of carbonyl (C=O) groups is 1. The first kappa shape index (κ1) is 12.1. The van der Waals surface area contributed by atoms with Crippen LogP contribution in [0.5, 0.6) is 11.5 Å². The van der Waals surface area contributed by atoms with Crippen molar-refractivity contribution in [3.8, 4) is 11.5 Å². The predicted molar refractivity (Wildman–Crippen MR) is 60.6 cm³/mol. The normalized spacial score (nSPS) is 10.2. The van der Waals surface area contributed by atoms with Gasteiger partial charge in [0, 0.05) is 6.08 Å². The maximum absolute atomic E-state index is 10.9. The van der Waals surface area contributed by atoms with E-state index < -0.39 is 5.97 Å². The third kappa shape index (κ3) is 3.02. The van der Waals surface area contributed by atoms with Gasteiger partial charge in [0.2, 0.25) is 0 Å². The van der Waals surface area contributed by atoms with Gasteiger partial charge in [-0.15, -0.1) is 0 Å². The summed E-state index contributed by atoms with van der Waals surface area (Å²) >= 11 is 0. The van der Waals surface area contributed by atoms with Crippen molar-refractivity contribution in [2.45, 2.75) is 0 Å². The van der Waals surface area contributed by atoms with Gasteiger partial charge >= 0.3 is 5.97 Å². The van der Waals surface area contributed by atoms with E-state index in [4.69, 9.17) is 9.47 Å². The van der Waals surface area contributed by atoms with E-state index in [-0.39, 0.29) is 0 Å². The van der Waals surface area contributed by atoms with Gasteiger partial charge in [0.25, 0.3) is 0 Å². The van der Waals surface area contributed by atoms with Crippen LogP contribution in [0.15, 0.2) is 24.3 Å². The molecular weight excluding hydrogens is 208 g/mol. The summed E-state index contributed by atoms with van der Waals surface area (Å²) < 4.78 is 14.7. The fraction of sp³-hybridized carbons (Fsp3) is 0.250. The zero-order valence-corrected chi connectivity index (χ0v) is 9.52. The molecule has 1 aromatic carbocycles. The summed E-state index contributed by atoms with van der Waals surface area (Å²) in [6.07, 6.45) is 3.00. The lowest BCUT2D eigenvalue weighted by atomic mass is 10.2. The molecule has 1 rings (SSSR count). The second-order valence-electron chi connectivity index (χ2n) is 2.97. The number of hydrogen-bond acceptors (Lipinski definition) is 4. The maximum Gasteiger partial charge on any atom is 0.330 e. The molecule has 0 amide bonds. The van der Waals surface area contributed by atoms with Gasteiger partial charge in [0.1, 0.15) is 0 Å². The van der Waals surface area contributed by atoms with Crippen molar-refractivity contribution in [2.75, 3.05) is 21.3 Å². The van der Waals surface area contributed by atoms with Gasteiger partial charge in [-0.2, -0.15) is 0 Å². The van der Waals surface area contributed by atoms with Crippen LogP contribution in [0.25, 0.3) is 6.08 Å². The summed E-state index contributed by atoms with van der Waals surface area (Å²) in [5.74, 6) is 0.877. The summed E-state index contributed by atoms with van der Waals surface area (Å²) in [6.45, 7) is 0. The minimum atomic E-state index is -0.394. The van der Waals surface area contributed by atoms with Crippen LogP contribution in [-0.2, 0) is 9.53 Å². The van der Waals surface area contributed by atoms with Crippen LogP contribution < -0.4 is 9.47 Å². The fourth-order valence-corrected chi connectivity index (χ4v) is 1.19. The molecule has 16 heavy (non-hydrogen) atoms. The Hall–Kier alpha value is -1.97. The van der Waals surface area contributed by atoms with Crippen LogP contribution in [-0.4, -0.2) is 27.3 Å². The lowest BCUT2D eigenvalue weighted by Gasteiger charge is -2.07. The van der Waals surface area contributed by atoms with Crippen LogP contribution in [0.2, 0.25) is 0 Å². The zero-order chi connectivity index (χ0) is 12.0. The Kier molecular flexibility index (Phi) is 4.39. The second kappa shape index (κ2) is 5.80. The first-order valence-electron chi connectivity index (χ1n) is 4.69. The topological polar surface area (TPSA) is 44.8 Å². The third-order valence-corrected chi connectivity index (χ3v) is 2.02. The van der Waals surface area contributed by atoms with E-state index in [1.807, 2.05) is 6.07 Å². The molecule has 0 saturated carbocycles. The minimum absolute atomic E-state index is 0.394. The van der Waals surface area contributed by atoms with Gasteiger partial charge in [0.05, 0.1) is 21.3 Å². The summed E-state index contributed by atoms with van der Waals surface area (Å²) in [4.78, 5) is 10.9. The highest BCUT2D eigenvalue weighted by Gasteiger charge is 2.02. The standard InChI is InChI=1S/C12H14O4/c1-14-10-6-4-9(8-11(10)15-2)5-7-12(13)16-3/h4-8H,1-3H3. The van der Waals surface area contributed by atoms with Crippen molar-refractivity contribution in [1.82, 2.24) is 0 Å². The molecule has 0 bridgehead atoms. The number of ether oxygens (including phenoxy) is 3. The number of rotatable bonds is 4. The molecule has 0 fully saturated rings. The summed E-state index contributed by atoms with van der Waals surface area (Å²) in [7, 11) is 4.47. The van der Waals surface area contributed by atoms with Gasteiger partial charge in [-0.05, 0) is 23.8 Å². The van der Waals surface area contributed by atoms with Crippen LogP contribution in [0.4, 0.5) is 0 Å². The molecule has 0 aliphatic heterocycles. The molecule has 0 heterocycles. The van der Waals surface area contributed by atoms with E-state index in [2.05, 4.69) is 4.74 Å². The molecule has 1 aromatic rings. The Morgan fingerprint density at radius 2 is 1.81 bits per heavy atom. The van der Waals surface area contributed by atoms with Crippen molar-refractivity contribution in [3.05, 3.63) is 29.8 Å². The molecule has 0 unspecified atom stereocenters. The fourth-order valence-electron chi connectivity index (χ4n) is 1.19. The highest BCUT2D eigenvalue weighted by Crippen LogP contribution is 2.27. The minimum Gasteiger partial charge on any atom is -0.493 e. The van der Waals surface area contributed by atoms with Gasteiger partial charge < -0.3 is 14.2 Å². The van der Waals surface area contributed by atoms with E-state index >= 15 is 0 Å². The maximum atomic E-state index is 10.9. The Balaban J connectivity index is 2.91. The number of hydrogen-bond donors (Lipinski definition) is 0. The van der Waals surface area contributed by atoms with E-state index in [0.29, 0.717) is 11.5 Å². The molecule has 0 aromatic heterocycles. The molecule has 0 atom stereocenters. The van der Waals surface area contributed by atoms with Crippen molar-refractivity contribution in [1.29, 1.82) is 0 Å². The molecule has 0 radical (unpaired) electrons. The Morgan fingerprint density at radius 3 is 2.38 bits per heavy atom. The van der Waals surface area contributed by atoms with Gasteiger partial charge in [-0.25, -0.2) is 4.79 Å². The molecule has 4 nitrogen and oxygen atoms in total. The number of esters is 1. The Labute approximate surface area is 94.4 Å². The van der Waals surface area contributed by atoms with Crippen LogP contribution >= 0.6 is 0 Å². The highest BCUT2D eigenvalue weighted by atomic mass is 16.5. The van der Waals surface area contributed by atoms with Gasteiger partial charge in [-0.3, -0.25) is 0 Å². The zero-order valence-electron chi connectivity index (χ0n) is 9.52. The van der Waals surface area contributed by atoms with Crippen molar-refractivity contribution in [3.63, 3.8) is 0 Å². The number of methoxy groups -OCH3 is 3. The largest absolute Gasteiger partial charge is 0.493 e. The average molecular weight is 222 g/mol. The average Bonchev–Trinajstić information content (AvgIpc) is 2.35. The van der Waals surface area contributed by atoms with Crippen molar-refractivity contribution >= 4 is 12.0 Å². The number of carbonyl (C=O) groups excluding carboxylic acids is 1. The molecule has 0 saturated heterocycles. The van der Waals surface area contributed by atoms with Gasteiger partial charge in [-0.1, -0.05) is 6.07 Å². The van der Waals surface area contributed by atoms with Gasteiger partial charge in [0.15, 0.2) is 11.5 Å². The first-order valence-corrected chi connectivity index (χ1v) is 4.69. The SMILES string of the molecule is COC(=O)C=Cc1ccc(OC)c(OC)c1. The lowest BCUT2D eigenvalue weighted by Crippen LogP contribution is -1.94. The van der Waals surface area contributed by atoms with E-state index in [1.54, 1.807) is 32.4 Å². The number of benzene rings is 1. The third-order valence-electron chi connectivity index (χ3n) is 2.02. The van der Waals surface area contributed by atoms with Crippen molar-refractivity contribution < 1.29 is 19.0 Å². The van der Waals surface area contributed by atoms with Crippen molar-refractivity contribution in [2.24, 2.45) is 0 Å². The smallest absolute Gasteiger partial charge is 0.330 e. The van der Waals surface area contributed by atoms with Crippen LogP contribution in [0.1, 0.15) is 5.56 Å². The molecule has 4 heteroatoms. The summed E-state index contributed by atoms with van der Waals surface area (Å²) in [5.41, 5.74) is 0.836. The van der Waals surface area contributed by atoms with E-state index in [0.717, 1.165) is 5.56 Å². The lowest BCUT2D eigenvalue weighted by molar-refractivity contribution is -0.134. The quantitative estimate of drug-likeness (QED) is 0.576. The first-order chi connectivity index (χ1) is 7.71. The second-order valence-corrected chi connectivity index (χ2v) is 2.97. The highest BCUT2D eigenvalue weighted by molar-refractivity contribution is 5.87. The van der Waals surface area contributed by atoms with E-state index in [9.17, 15) is 4.79 Å². The molecule has 0 aliphatic carbocycles.